The molecule has 0 aromatic heterocycles. The van der Waals surface area contributed by atoms with E-state index in [0.29, 0.717) is 18.1 Å². The molecule has 0 radical (unpaired) electrons. The normalized spacial score (nSPS) is 33.0. The summed E-state index contributed by atoms with van der Waals surface area (Å²) in [7, 11) is 2.20. The van der Waals surface area contributed by atoms with Crippen LogP contribution >= 0.6 is 0 Å². The summed E-state index contributed by atoms with van der Waals surface area (Å²) >= 11 is 0. The largest absolute Gasteiger partial charge is 0.375 e. The summed E-state index contributed by atoms with van der Waals surface area (Å²) in [4.78, 5) is 22.9. The van der Waals surface area contributed by atoms with E-state index in [1.807, 2.05) is 0 Å². The van der Waals surface area contributed by atoms with Crippen LogP contribution < -0.4 is 0 Å². The van der Waals surface area contributed by atoms with Gasteiger partial charge in [0.1, 0.15) is 0 Å². The molecule has 6 heteroatoms. The van der Waals surface area contributed by atoms with E-state index in [9.17, 15) is 4.79 Å². The van der Waals surface area contributed by atoms with Gasteiger partial charge in [-0.2, -0.15) is 0 Å². The fourth-order valence-corrected chi connectivity index (χ4v) is 6.20. The summed E-state index contributed by atoms with van der Waals surface area (Å²) in [5, 5.41) is 0. The highest BCUT2D eigenvalue weighted by molar-refractivity contribution is 5.79. The molecule has 0 N–H and O–H groups in total. The molecule has 3 heterocycles. The van der Waals surface area contributed by atoms with Gasteiger partial charge in [-0.3, -0.25) is 9.69 Å². The van der Waals surface area contributed by atoms with E-state index in [-0.39, 0.29) is 5.92 Å². The van der Waals surface area contributed by atoms with E-state index in [4.69, 9.17) is 4.74 Å². The average molecular weight is 435 g/mol. The number of piperazine rings is 1. The maximum Gasteiger partial charge on any atom is 0.225 e. The first-order valence-corrected chi connectivity index (χ1v) is 13.2. The van der Waals surface area contributed by atoms with Crippen molar-refractivity contribution in [2.45, 2.75) is 70.5 Å². The molecule has 0 aromatic carbocycles. The third-order valence-electron chi connectivity index (χ3n) is 8.32. The number of piperidine rings is 2. The van der Waals surface area contributed by atoms with E-state index in [0.717, 1.165) is 83.7 Å². The Morgan fingerprint density at radius 2 is 1.48 bits per heavy atom. The van der Waals surface area contributed by atoms with Crippen molar-refractivity contribution in [3.8, 4) is 0 Å². The number of hydrogen-bond donors (Lipinski definition) is 0. The SMILES string of the molecule is CCN1CCC[C@H](CN2CCN(C(=O)C3CCC(OC4CCN(C)CC4)CC3)CC2)C1. The lowest BCUT2D eigenvalue weighted by molar-refractivity contribution is -0.140. The van der Waals surface area contributed by atoms with Crippen molar-refractivity contribution >= 4 is 5.91 Å². The zero-order chi connectivity index (χ0) is 21.6. The van der Waals surface area contributed by atoms with Crippen LogP contribution in [-0.4, -0.2) is 110 Å². The Balaban J connectivity index is 1.13. The van der Waals surface area contributed by atoms with E-state index in [2.05, 4.69) is 33.6 Å². The molecule has 4 aliphatic rings. The summed E-state index contributed by atoms with van der Waals surface area (Å²) in [5.74, 6) is 1.48. The van der Waals surface area contributed by atoms with Crippen LogP contribution in [0.4, 0.5) is 0 Å². The number of amides is 1. The monoisotopic (exact) mass is 434 g/mol. The molecule has 1 saturated carbocycles. The molecule has 0 aromatic rings. The van der Waals surface area contributed by atoms with Crippen LogP contribution in [0.1, 0.15) is 58.3 Å². The number of hydrogen-bond acceptors (Lipinski definition) is 5. The second-order valence-electron chi connectivity index (χ2n) is 10.6. The quantitative estimate of drug-likeness (QED) is 0.642. The van der Waals surface area contributed by atoms with Gasteiger partial charge in [0.15, 0.2) is 0 Å². The molecule has 0 spiro atoms. The Hall–Kier alpha value is -0.690. The predicted molar refractivity (Wildman–Crippen MR) is 125 cm³/mol. The fraction of sp³-hybridized carbons (Fsp3) is 0.960. The summed E-state index contributed by atoms with van der Waals surface area (Å²) in [5.41, 5.74) is 0. The van der Waals surface area contributed by atoms with Crippen molar-refractivity contribution in [3.05, 3.63) is 0 Å². The van der Waals surface area contributed by atoms with E-state index in [1.54, 1.807) is 0 Å². The Labute approximate surface area is 190 Å². The fourth-order valence-electron chi connectivity index (χ4n) is 6.20. The topological polar surface area (TPSA) is 39.3 Å². The van der Waals surface area contributed by atoms with Gasteiger partial charge in [-0.05, 0) is 77.4 Å². The molecular formula is C25H46N4O2. The number of rotatable bonds is 6. The van der Waals surface area contributed by atoms with Gasteiger partial charge in [0, 0.05) is 58.3 Å². The van der Waals surface area contributed by atoms with Crippen molar-refractivity contribution in [1.29, 1.82) is 0 Å². The van der Waals surface area contributed by atoms with Gasteiger partial charge in [0.25, 0.3) is 0 Å². The van der Waals surface area contributed by atoms with E-state index >= 15 is 0 Å². The molecule has 4 rings (SSSR count). The van der Waals surface area contributed by atoms with Crippen molar-refractivity contribution in [3.63, 3.8) is 0 Å². The lowest BCUT2D eigenvalue weighted by Gasteiger charge is -2.40. The minimum atomic E-state index is 0.236. The molecule has 1 aliphatic carbocycles. The second-order valence-corrected chi connectivity index (χ2v) is 10.6. The van der Waals surface area contributed by atoms with Crippen LogP contribution in [0.2, 0.25) is 0 Å². The Bertz CT molecular complexity index is 550. The molecule has 3 aliphatic heterocycles. The van der Waals surface area contributed by atoms with Crippen molar-refractivity contribution < 1.29 is 9.53 Å². The molecule has 1 amide bonds. The van der Waals surface area contributed by atoms with Crippen LogP contribution in [0.15, 0.2) is 0 Å². The zero-order valence-corrected chi connectivity index (χ0v) is 20.1. The smallest absolute Gasteiger partial charge is 0.225 e. The van der Waals surface area contributed by atoms with E-state index in [1.165, 1.54) is 39.0 Å². The van der Waals surface area contributed by atoms with Gasteiger partial charge in [0.05, 0.1) is 12.2 Å². The van der Waals surface area contributed by atoms with Gasteiger partial charge in [-0.25, -0.2) is 0 Å². The van der Waals surface area contributed by atoms with Crippen LogP contribution in [0.5, 0.6) is 0 Å². The lowest BCUT2D eigenvalue weighted by atomic mass is 9.86. The van der Waals surface area contributed by atoms with Gasteiger partial charge < -0.3 is 19.4 Å². The predicted octanol–water partition coefficient (Wildman–Crippen LogP) is 2.53. The summed E-state index contributed by atoms with van der Waals surface area (Å²) in [6, 6.07) is 0. The molecule has 178 valence electrons. The van der Waals surface area contributed by atoms with Gasteiger partial charge in [-0.1, -0.05) is 6.92 Å². The lowest BCUT2D eigenvalue weighted by Crippen LogP contribution is -2.52. The van der Waals surface area contributed by atoms with Crippen LogP contribution in [0.3, 0.4) is 0 Å². The third-order valence-corrected chi connectivity index (χ3v) is 8.32. The molecular weight excluding hydrogens is 388 g/mol. The first kappa shape index (κ1) is 23.5. The summed E-state index contributed by atoms with van der Waals surface area (Å²) in [6.45, 7) is 13.5. The highest BCUT2D eigenvalue weighted by atomic mass is 16.5. The van der Waals surface area contributed by atoms with Gasteiger partial charge in [-0.15, -0.1) is 0 Å². The molecule has 6 nitrogen and oxygen atoms in total. The maximum atomic E-state index is 13.1. The molecule has 0 unspecified atom stereocenters. The zero-order valence-electron chi connectivity index (χ0n) is 20.1. The number of ether oxygens (including phenoxy) is 1. The number of nitrogens with zero attached hydrogens (tertiary/aromatic N) is 4. The molecule has 3 saturated heterocycles. The maximum absolute atomic E-state index is 13.1. The van der Waals surface area contributed by atoms with Gasteiger partial charge in [0.2, 0.25) is 5.91 Å². The molecule has 0 bridgehead atoms. The van der Waals surface area contributed by atoms with Crippen LogP contribution in [0.25, 0.3) is 0 Å². The number of carbonyl (C=O) groups is 1. The Kier molecular flexibility index (Phi) is 8.66. The van der Waals surface area contributed by atoms with Gasteiger partial charge >= 0.3 is 0 Å². The van der Waals surface area contributed by atoms with Crippen molar-refractivity contribution in [2.24, 2.45) is 11.8 Å². The minimum Gasteiger partial charge on any atom is -0.375 e. The van der Waals surface area contributed by atoms with Crippen molar-refractivity contribution in [2.75, 3.05) is 72.5 Å². The van der Waals surface area contributed by atoms with E-state index < -0.39 is 0 Å². The average Bonchev–Trinajstić information content (AvgIpc) is 2.81. The molecule has 4 fully saturated rings. The summed E-state index contributed by atoms with van der Waals surface area (Å²) < 4.78 is 6.39. The highest BCUT2D eigenvalue weighted by Crippen LogP contribution is 2.30. The Morgan fingerprint density at radius 3 is 2.16 bits per heavy atom. The first-order valence-electron chi connectivity index (χ1n) is 13.2. The van der Waals surface area contributed by atoms with Crippen molar-refractivity contribution in [1.82, 2.24) is 19.6 Å². The third kappa shape index (κ3) is 6.66. The first-order chi connectivity index (χ1) is 15.1. The Morgan fingerprint density at radius 1 is 0.806 bits per heavy atom. The minimum absolute atomic E-state index is 0.236. The highest BCUT2D eigenvalue weighted by Gasteiger charge is 2.33. The second kappa shape index (κ2) is 11.4. The van der Waals surface area contributed by atoms with Crippen LogP contribution in [0, 0.1) is 11.8 Å². The molecule has 1 atom stereocenters. The summed E-state index contributed by atoms with van der Waals surface area (Å²) in [6.07, 6.45) is 10.0. The molecule has 31 heavy (non-hydrogen) atoms. The standard InChI is InChI=1S/C25H46N4O2/c1-3-27-12-4-5-21(19-27)20-28-15-17-29(18-16-28)25(30)22-6-8-23(9-7-22)31-24-10-13-26(2)14-11-24/h21-24H,3-20H2,1-2H3/t21-,22?,23?/m0/s1. The number of carbonyl (C=O) groups excluding carboxylic acids is 1. The number of likely N-dealkylation sites (tertiary alicyclic amines) is 2. The van der Waals surface area contributed by atoms with Crippen LogP contribution in [-0.2, 0) is 9.53 Å².